The van der Waals surface area contributed by atoms with Crippen LogP contribution in [0.4, 0.5) is 0 Å². The van der Waals surface area contributed by atoms with Crippen molar-refractivity contribution in [2.24, 2.45) is 0 Å². The van der Waals surface area contributed by atoms with Crippen LogP contribution in [-0.2, 0) is 25.9 Å². The van der Waals surface area contributed by atoms with Crippen molar-refractivity contribution in [2.45, 2.75) is 65.5 Å². The highest BCUT2D eigenvalue weighted by Gasteiger charge is 2.07. The van der Waals surface area contributed by atoms with E-state index < -0.39 is 0 Å². The SMILES string of the molecule is CCCCn1ccnc1Cc1cccc(Cc2nccn2CCCC)c1.Cl.Cl. The first-order valence-corrected chi connectivity index (χ1v) is 9.88. The molecule has 6 heteroatoms. The molecule has 2 aromatic heterocycles. The third-order valence-electron chi connectivity index (χ3n) is 4.82. The third kappa shape index (κ3) is 6.68. The average molecular weight is 423 g/mol. The van der Waals surface area contributed by atoms with Crippen LogP contribution in [0, 0.1) is 0 Å². The van der Waals surface area contributed by atoms with E-state index in [-0.39, 0.29) is 24.8 Å². The standard InChI is InChI=1S/C22H30N4.2ClH/c1-3-5-12-25-14-10-23-21(25)17-19-8-7-9-20(16-19)18-22-24-11-15-26(22)13-6-4-2;;/h7-11,14-16H,3-6,12-13,17-18H2,1-2H3;2*1H. The van der Waals surface area contributed by atoms with E-state index in [1.165, 1.54) is 36.8 Å². The highest BCUT2D eigenvalue weighted by Crippen LogP contribution is 2.15. The number of nitrogens with zero attached hydrogens (tertiary/aromatic N) is 4. The zero-order chi connectivity index (χ0) is 18.2. The average Bonchev–Trinajstić information content (AvgIpc) is 3.28. The Morgan fingerprint density at radius 2 is 1.21 bits per heavy atom. The quantitative estimate of drug-likeness (QED) is 0.419. The molecular weight excluding hydrogens is 391 g/mol. The molecule has 0 radical (unpaired) electrons. The summed E-state index contributed by atoms with van der Waals surface area (Å²) < 4.78 is 4.57. The molecule has 0 unspecified atom stereocenters. The van der Waals surface area contributed by atoms with Crippen LogP contribution in [0.1, 0.15) is 62.3 Å². The number of unbranched alkanes of at least 4 members (excludes halogenated alkanes) is 2. The molecule has 0 aliphatic heterocycles. The molecule has 0 spiro atoms. The molecule has 0 saturated heterocycles. The van der Waals surface area contributed by atoms with Gasteiger partial charge in [0.15, 0.2) is 0 Å². The molecule has 0 atom stereocenters. The second-order valence-corrected chi connectivity index (χ2v) is 6.95. The van der Waals surface area contributed by atoms with Gasteiger partial charge in [-0.3, -0.25) is 0 Å². The van der Waals surface area contributed by atoms with Crippen LogP contribution in [0.15, 0.2) is 49.1 Å². The summed E-state index contributed by atoms with van der Waals surface area (Å²) in [6.45, 7) is 6.57. The lowest BCUT2D eigenvalue weighted by Crippen LogP contribution is -2.05. The minimum Gasteiger partial charge on any atom is -0.335 e. The summed E-state index contributed by atoms with van der Waals surface area (Å²) in [6, 6.07) is 8.86. The first-order valence-electron chi connectivity index (χ1n) is 9.88. The molecular formula is C22H32Cl2N4. The molecule has 0 bridgehead atoms. The van der Waals surface area contributed by atoms with E-state index in [0.29, 0.717) is 0 Å². The molecule has 28 heavy (non-hydrogen) atoms. The van der Waals surface area contributed by atoms with Gasteiger partial charge in [-0.05, 0) is 24.0 Å². The van der Waals surface area contributed by atoms with Gasteiger partial charge < -0.3 is 9.13 Å². The van der Waals surface area contributed by atoms with Gasteiger partial charge in [-0.2, -0.15) is 0 Å². The van der Waals surface area contributed by atoms with Crippen LogP contribution in [0.5, 0.6) is 0 Å². The maximum absolute atomic E-state index is 4.56. The van der Waals surface area contributed by atoms with Crippen molar-refractivity contribution in [1.29, 1.82) is 0 Å². The molecule has 3 aromatic rings. The maximum atomic E-state index is 4.56. The van der Waals surface area contributed by atoms with Crippen molar-refractivity contribution in [1.82, 2.24) is 19.1 Å². The second kappa shape index (κ2) is 12.6. The number of imidazole rings is 2. The van der Waals surface area contributed by atoms with Crippen LogP contribution in [0.2, 0.25) is 0 Å². The molecule has 0 amide bonds. The van der Waals surface area contributed by atoms with Crippen LogP contribution >= 0.6 is 24.8 Å². The van der Waals surface area contributed by atoms with Crippen LogP contribution in [0.25, 0.3) is 0 Å². The fourth-order valence-electron chi connectivity index (χ4n) is 3.29. The largest absolute Gasteiger partial charge is 0.335 e. The predicted molar refractivity (Wildman–Crippen MR) is 121 cm³/mol. The number of rotatable bonds is 10. The van der Waals surface area contributed by atoms with E-state index in [2.05, 4.69) is 69.6 Å². The molecule has 0 aliphatic rings. The molecule has 2 heterocycles. The zero-order valence-corrected chi connectivity index (χ0v) is 18.5. The number of aryl methyl sites for hydroxylation is 2. The van der Waals surface area contributed by atoms with Gasteiger partial charge in [-0.25, -0.2) is 9.97 Å². The summed E-state index contributed by atoms with van der Waals surface area (Å²) in [4.78, 5) is 9.13. The Morgan fingerprint density at radius 3 is 1.64 bits per heavy atom. The fourth-order valence-corrected chi connectivity index (χ4v) is 3.29. The fraction of sp³-hybridized carbons (Fsp3) is 0.455. The Morgan fingerprint density at radius 1 is 0.750 bits per heavy atom. The van der Waals surface area contributed by atoms with E-state index in [0.717, 1.165) is 37.6 Å². The van der Waals surface area contributed by atoms with Crippen molar-refractivity contribution in [2.75, 3.05) is 0 Å². The molecule has 154 valence electrons. The Labute approximate surface area is 181 Å². The maximum Gasteiger partial charge on any atom is 0.113 e. The number of halogens is 2. The van der Waals surface area contributed by atoms with Crippen LogP contribution < -0.4 is 0 Å². The van der Waals surface area contributed by atoms with Gasteiger partial charge in [-0.1, -0.05) is 51.0 Å². The highest BCUT2D eigenvalue weighted by molar-refractivity contribution is 5.85. The van der Waals surface area contributed by atoms with Gasteiger partial charge in [0.25, 0.3) is 0 Å². The predicted octanol–water partition coefficient (Wildman–Crippen LogP) is 5.71. The van der Waals surface area contributed by atoms with E-state index in [4.69, 9.17) is 0 Å². The lowest BCUT2D eigenvalue weighted by atomic mass is 10.1. The van der Waals surface area contributed by atoms with Gasteiger partial charge in [0.05, 0.1) is 0 Å². The topological polar surface area (TPSA) is 35.6 Å². The summed E-state index contributed by atoms with van der Waals surface area (Å²) in [6.07, 6.45) is 14.6. The van der Waals surface area contributed by atoms with Gasteiger partial charge in [-0.15, -0.1) is 24.8 Å². The number of benzene rings is 1. The van der Waals surface area contributed by atoms with Gasteiger partial charge in [0.2, 0.25) is 0 Å². The van der Waals surface area contributed by atoms with Gasteiger partial charge in [0, 0.05) is 50.7 Å². The Hall–Kier alpha value is -1.78. The lowest BCUT2D eigenvalue weighted by molar-refractivity contribution is 0.607. The van der Waals surface area contributed by atoms with Gasteiger partial charge >= 0.3 is 0 Å². The normalized spacial score (nSPS) is 10.4. The van der Waals surface area contributed by atoms with Crippen LogP contribution in [-0.4, -0.2) is 19.1 Å². The Bertz CT molecular complexity index is 747. The van der Waals surface area contributed by atoms with Crippen molar-refractivity contribution in [3.8, 4) is 0 Å². The number of aromatic nitrogens is 4. The number of hydrogen-bond donors (Lipinski definition) is 0. The van der Waals surface area contributed by atoms with Crippen LogP contribution in [0.3, 0.4) is 0 Å². The minimum atomic E-state index is 0. The number of hydrogen-bond acceptors (Lipinski definition) is 2. The Kier molecular flexibility index (Phi) is 10.9. The summed E-state index contributed by atoms with van der Waals surface area (Å²) >= 11 is 0. The van der Waals surface area contributed by atoms with Crippen molar-refractivity contribution >= 4 is 24.8 Å². The smallest absolute Gasteiger partial charge is 0.113 e. The van der Waals surface area contributed by atoms with Gasteiger partial charge in [0.1, 0.15) is 11.6 Å². The summed E-state index contributed by atoms with van der Waals surface area (Å²) in [5.41, 5.74) is 2.64. The third-order valence-corrected chi connectivity index (χ3v) is 4.82. The lowest BCUT2D eigenvalue weighted by Gasteiger charge is -2.10. The second-order valence-electron chi connectivity index (χ2n) is 6.95. The van der Waals surface area contributed by atoms with E-state index in [1.54, 1.807) is 0 Å². The first kappa shape index (κ1) is 24.3. The van der Waals surface area contributed by atoms with Crippen molar-refractivity contribution in [3.05, 3.63) is 71.8 Å². The Balaban J connectivity index is 0.00000196. The summed E-state index contributed by atoms with van der Waals surface area (Å²) in [5, 5.41) is 0. The summed E-state index contributed by atoms with van der Waals surface area (Å²) in [5.74, 6) is 2.31. The molecule has 0 aliphatic carbocycles. The van der Waals surface area contributed by atoms with Crippen molar-refractivity contribution < 1.29 is 0 Å². The molecule has 0 saturated carbocycles. The molecule has 4 nitrogen and oxygen atoms in total. The highest BCUT2D eigenvalue weighted by atomic mass is 35.5. The molecule has 0 fully saturated rings. The van der Waals surface area contributed by atoms with Crippen molar-refractivity contribution in [3.63, 3.8) is 0 Å². The molecule has 1 aromatic carbocycles. The molecule has 3 rings (SSSR count). The van der Waals surface area contributed by atoms with E-state index in [9.17, 15) is 0 Å². The van der Waals surface area contributed by atoms with E-state index in [1.807, 2.05) is 12.4 Å². The minimum absolute atomic E-state index is 0. The molecule has 0 N–H and O–H groups in total. The zero-order valence-electron chi connectivity index (χ0n) is 16.9. The summed E-state index contributed by atoms with van der Waals surface area (Å²) in [7, 11) is 0. The monoisotopic (exact) mass is 422 g/mol. The first-order chi connectivity index (χ1) is 12.8. The van der Waals surface area contributed by atoms with E-state index >= 15 is 0 Å².